The van der Waals surface area contributed by atoms with Crippen LogP contribution in [0.15, 0.2) is 36.7 Å². The van der Waals surface area contributed by atoms with Gasteiger partial charge in [0, 0.05) is 19.6 Å². The number of aromatic nitrogens is 2. The maximum absolute atomic E-state index is 12.2. The van der Waals surface area contributed by atoms with Crippen LogP contribution in [-0.2, 0) is 4.74 Å². The van der Waals surface area contributed by atoms with Crippen LogP contribution in [0.3, 0.4) is 0 Å². The Morgan fingerprint density at radius 2 is 1.97 bits per heavy atom. The minimum absolute atomic E-state index is 0.174. The second-order valence-electron chi connectivity index (χ2n) is 6.53. The van der Waals surface area contributed by atoms with Gasteiger partial charge in [0.1, 0.15) is 11.6 Å². The van der Waals surface area contributed by atoms with Crippen molar-refractivity contribution >= 4 is 23.4 Å². The lowest BCUT2D eigenvalue weighted by atomic mass is 10.1. The standard InChI is InChI=1S/C13H20N4O2.C6H4ClF.C2H6/c1-16(2)8-10-4-5-17(9-10)12-7-14-11(6-15-12)13(18)19-3;7-5-3-1-2-4-6(5)8;1-2/h6-7,10H,4-5,8-9H2,1-3H3;1-4H;1-2H3/t10-;;/m1../s1. The Balaban J connectivity index is 0.000000351. The lowest BCUT2D eigenvalue weighted by Gasteiger charge is -2.18. The van der Waals surface area contributed by atoms with E-state index in [0.717, 1.165) is 25.5 Å². The van der Waals surface area contributed by atoms with Crippen LogP contribution in [0, 0.1) is 11.7 Å². The molecule has 0 amide bonds. The number of benzene rings is 1. The first-order valence-electron chi connectivity index (χ1n) is 9.60. The van der Waals surface area contributed by atoms with Gasteiger partial charge in [0.2, 0.25) is 0 Å². The summed E-state index contributed by atoms with van der Waals surface area (Å²) in [5.74, 6) is 0.672. The number of esters is 1. The van der Waals surface area contributed by atoms with Gasteiger partial charge in [-0.3, -0.25) is 0 Å². The minimum Gasteiger partial charge on any atom is -0.464 e. The SMILES string of the molecule is CC.COC(=O)c1cnc(N2CC[C@H](CN(C)C)C2)cn1.Fc1ccccc1Cl. The molecule has 6 nitrogen and oxygen atoms in total. The quantitative estimate of drug-likeness (QED) is 0.687. The Hall–Kier alpha value is -2.25. The van der Waals surface area contributed by atoms with Crippen molar-refractivity contribution in [2.75, 3.05) is 45.7 Å². The number of hydrogen-bond acceptors (Lipinski definition) is 6. The number of rotatable bonds is 4. The van der Waals surface area contributed by atoms with Gasteiger partial charge < -0.3 is 14.5 Å². The van der Waals surface area contributed by atoms with Crippen molar-refractivity contribution in [1.29, 1.82) is 0 Å². The van der Waals surface area contributed by atoms with Crippen LogP contribution in [0.4, 0.5) is 10.2 Å². The van der Waals surface area contributed by atoms with E-state index >= 15 is 0 Å². The summed E-state index contributed by atoms with van der Waals surface area (Å²) in [6, 6.07) is 6.12. The van der Waals surface area contributed by atoms with Crippen LogP contribution < -0.4 is 4.90 Å². The number of methoxy groups -OCH3 is 1. The van der Waals surface area contributed by atoms with Crippen molar-refractivity contribution in [3.63, 3.8) is 0 Å². The second-order valence-corrected chi connectivity index (χ2v) is 6.94. The lowest BCUT2D eigenvalue weighted by Crippen LogP contribution is -2.26. The molecule has 0 unspecified atom stereocenters. The first kappa shape index (κ1) is 24.8. The highest BCUT2D eigenvalue weighted by Crippen LogP contribution is 2.21. The van der Waals surface area contributed by atoms with Crippen molar-refractivity contribution in [2.24, 2.45) is 5.92 Å². The molecule has 0 bridgehead atoms. The Kier molecular flexibility index (Phi) is 11.2. The van der Waals surface area contributed by atoms with Gasteiger partial charge in [0.15, 0.2) is 5.69 Å². The van der Waals surface area contributed by atoms with E-state index in [1.807, 2.05) is 13.8 Å². The van der Waals surface area contributed by atoms with Crippen molar-refractivity contribution < 1.29 is 13.9 Å². The van der Waals surface area contributed by atoms with Crippen LogP contribution >= 0.6 is 11.6 Å². The second kappa shape index (κ2) is 13.1. The molecule has 0 N–H and O–H groups in total. The predicted molar refractivity (Wildman–Crippen MR) is 115 cm³/mol. The molecule has 29 heavy (non-hydrogen) atoms. The Labute approximate surface area is 177 Å². The largest absolute Gasteiger partial charge is 0.464 e. The van der Waals surface area contributed by atoms with Gasteiger partial charge in [-0.15, -0.1) is 0 Å². The van der Waals surface area contributed by atoms with Crippen LogP contribution in [0.25, 0.3) is 0 Å². The van der Waals surface area contributed by atoms with Gasteiger partial charge in [0.25, 0.3) is 0 Å². The molecular weight excluding hydrogens is 395 g/mol. The Bertz CT molecular complexity index is 723. The molecule has 8 heteroatoms. The molecule has 1 fully saturated rings. The molecule has 0 spiro atoms. The molecule has 0 aliphatic carbocycles. The molecule has 0 saturated carbocycles. The molecule has 3 rings (SSSR count). The minimum atomic E-state index is -0.453. The monoisotopic (exact) mass is 424 g/mol. The van der Waals surface area contributed by atoms with Gasteiger partial charge in [-0.25, -0.2) is 19.2 Å². The average molecular weight is 425 g/mol. The first-order chi connectivity index (χ1) is 13.9. The number of carbonyl (C=O) groups excluding carboxylic acids is 1. The van der Waals surface area contributed by atoms with Crippen LogP contribution in [-0.4, -0.2) is 61.7 Å². The van der Waals surface area contributed by atoms with E-state index in [1.54, 1.807) is 18.3 Å². The van der Waals surface area contributed by atoms with Gasteiger partial charge in [-0.05, 0) is 38.6 Å². The van der Waals surface area contributed by atoms with Crippen molar-refractivity contribution in [2.45, 2.75) is 20.3 Å². The fourth-order valence-electron chi connectivity index (χ4n) is 2.84. The number of hydrogen-bond donors (Lipinski definition) is 0. The molecule has 0 radical (unpaired) electrons. The predicted octanol–water partition coefficient (Wildman–Crippen LogP) is 4.16. The van der Waals surface area contributed by atoms with Crippen LogP contribution in [0.5, 0.6) is 0 Å². The molecule has 2 heterocycles. The van der Waals surface area contributed by atoms with Gasteiger partial charge in [0.05, 0.1) is 24.5 Å². The maximum Gasteiger partial charge on any atom is 0.358 e. The molecule has 1 atom stereocenters. The highest BCUT2D eigenvalue weighted by molar-refractivity contribution is 6.30. The van der Waals surface area contributed by atoms with Gasteiger partial charge >= 0.3 is 5.97 Å². The van der Waals surface area contributed by atoms with Crippen LogP contribution in [0.1, 0.15) is 30.8 Å². The van der Waals surface area contributed by atoms with E-state index in [9.17, 15) is 9.18 Å². The fourth-order valence-corrected chi connectivity index (χ4v) is 2.98. The third-order valence-electron chi connectivity index (χ3n) is 4.09. The zero-order chi connectivity index (χ0) is 21.8. The van der Waals surface area contributed by atoms with E-state index in [2.05, 4.69) is 38.6 Å². The van der Waals surface area contributed by atoms with Crippen LogP contribution in [0.2, 0.25) is 5.02 Å². The molecule has 1 aromatic heterocycles. The number of ether oxygens (including phenoxy) is 1. The van der Waals surface area contributed by atoms with E-state index in [-0.39, 0.29) is 16.5 Å². The summed E-state index contributed by atoms with van der Waals surface area (Å²) >= 11 is 5.33. The molecular formula is C21H30ClFN4O2. The highest BCUT2D eigenvalue weighted by atomic mass is 35.5. The van der Waals surface area contributed by atoms with Crippen molar-refractivity contribution in [1.82, 2.24) is 14.9 Å². The number of carbonyl (C=O) groups is 1. The Morgan fingerprint density at radius 1 is 1.28 bits per heavy atom. The zero-order valence-corrected chi connectivity index (χ0v) is 18.5. The summed E-state index contributed by atoms with van der Waals surface area (Å²) in [5, 5.41) is 0.174. The topological polar surface area (TPSA) is 58.6 Å². The van der Waals surface area contributed by atoms with E-state index in [1.165, 1.54) is 31.9 Å². The van der Waals surface area contributed by atoms with Gasteiger partial charge in [-0.1, -0.05) is 37.6 Å². The number of anilines is 1. The highest BCUT2D eigenvalue weighted by Gasteiger charge is 2.24. The summed E-state index contributed by atoms with van der Waals surface area (Å²) in [5.41, 5.74) is 0.246. The number of nitrogens with zero attached hydrogens (tertiary/aromatic N) is 4. The average Bonchev–Trinajstić information content (AvgIpc) is 3.19. The van der Waals surface area contributed by atoms with E-state index < -0.39 is 5.97 Å². The van der Waals surface area contributed by atoms with Crippen molar-refractivity contribution in [3.05, 3.63) is 53.2 Å². The third kappa shape index (κ3) is 8.33. The molecule has 1 aliphatic rings. The third-order valence-corrected chi connectivity index (χ3v) is 4.40. The van der Waals surface area contributed by atoms with Crippen molar-refractivity contribution in [3.8, 4) is 0 Å². The molecule has 2 aromatic rings. The van der Waals surface area contributed by atoms with E-state index in [4.69, 9.17) is 11.6 Å². The Morgan fingerprint density at radius 3 is 2.45 bits per heavy atom. The summed E-state index contributed by atoms with van der Waals surface area (Å²) in [6.45, 7) is 7.07. The summed E-state index contributed by atoms with van der Waals surface area (Å²) in [6.07, 6.45) is 4.28. The normalized spacial score (nSPS) is 15.2. The molecule has 1 saturated heterocycles. The number of halogens is 2. The fraction of sp³-hybridized carbons (Fsp3) is 0.476. The summed E-state index contributed by atoms with van der Waals surface area (Å²) in [7, 11) is 5.52. The lowest BCUT2D eigenvalue weighted by molar-refractivity contribution is 0.0593. The first-order valence-corrected chi connectivity index (χ1v) is 9.98. The summed E-state index contributed by atoms with van der Waals surface area (Å²) in [4.78, 5) is 24.1. The smallest absolute Gasteiger partial charge is 0.358 e. The maximum atomic E-state index is 12.2. The molecule has 1 aliphatic heterocycles. The molecule has 160 valence electrons. The zero-order valence-electron chi connectivity index (χ0n) is 17.7. The molecule has 1 aromatic carbocycles. The van der Waals surface area contributed by atoms with E-state index in [0.29, 0.717) is 5.92 Å². The van der Waals surface area contributed by atoms with Gasteiger partial charge in [-0.2, -0.15) is 0 Å². The summed E-state index contributed by atoms with van der Waals surface area (Å²) < 4.78 is 16.8.